The third kappa shape index (κ3) is 5.38. The van der Waals surface area contributed by atoms with Gasteiger partial charge in [0.2, 0.25) is 5.76 Å². The number of benzene rings is 2. The molecule has 4 rings (SSSR count). The van der Waals surface area contributed by atoms with Gasteiger partial charge in [-0.25, -0.2) is 9.59 Å². The van der Waals surface area contributed by atoms with Crippen molar-refractivity contribution in [3.05, 3.63) is 87.4 Å². The summed E-state index contributed by atoms with van der Waals surface area (Å²) >= 11 is 3.41. The Morgan fingerprint density at radius 2 is 1.86 bits per heavy atom. The van der Waals surface area contributed by atoms with Crippen LogP contribution in [-0.2, 0) is 22.7 Å². The zero-order valence-electron chi connectivity index (χ0n) is 18.9. The van der Waals surface area contributed by atoms with Crippen molar-refractivity contribution in [2.75, 3.05) is 14.2 Å². The number of carbonyl (C=O) groups excluding carboxylic acids is 3. The number of ether oxygens (including phenoxy) is 3. The van der Waals surface area contributed by atoms with E-state index in [1.807, 2.05) is 24.3 Å². The molecule has 10 heteroatoms. The smallest absolute Gasteiger partial charge is 0.373 e. The van der Waals surface area contributed by atoms with Crippen molar-refractivity contribution < 1.29 is 33.0 Å². The lowest BCUT2D eigenvalue weighted by molar-refractivity contribution is -0.123. The van der Waals surface area contributed by atoms with Crippen LogP contribution >= 0.6 is 15.9 Å². The number of halogens is 1. The largest absolute Gasteiger partial charge is 0.493 e. The van der Waals surface area contributed by atoms with Gasteiger partial charge in [-0.2, -0.15) is 0 Å². The highest BCUT2D eigenvalue weighted by molar-refractivity contribution is 9.10. The average Bonchev–Trinajstić information content (AvgIpc) is 3.44. The lowest BCUT2D eigenvalue weighted by Crippen LogP contribution is -2.30. The van der Waals surface area contributed by atoms with Gasteiger partial charge in [0.25, 0.3) is 5.91 Å². The van der Waals surface area contributed by atoms with Gasteiger partial charge in [-0.3, -0.25) is 9.69 Å². The highest BCUT2D eigenvalue weighted by atomic mass is 79.9. The van der Waals surface area contributed by atoms with E-state index in [-0.39, 0.29) is 30.4 Å². The van der Waals surface area contributed by atoms with E-state index in [0.29, 0.717) is 17.1 Å². The normalized spacial score (nSPS) is 14.3. The molecule has 0 spiro atoms. The fourth-order valence-electron chi connectivity index (χ4n) is 3.40. The topological polar surface area (TPSA) is 107 Å². The van der Waals surface area contributed by atoms with Crippen LogP contribution in [0.2, 0.25) is 0 Å². The molecule has 35 heavy (non-hydrogen) atoms. The van der Waals surface area contributed by atoms with E-state index in [9.17, 15) is 14.4 Å². The van der Waals surface area contributed by atoms with E-state index in [4.69, 9.17) is 13.9 Å². The molecule has 1 aromatic heterocycles. The summed E-state index contributed by atoms with van der Waals surface area (Å²) in [5.74, 6) is -0.0459. The van der Waals surface area contributed by atoms with E-state index >= 15 is 0 Å². The van der Waals surface area contributed by atoms with Crippen LogP contribution in [0.3, 0.4) is 0 Å². The van der Waals surface area contributed by atoms with Crippen LogP contribution in [0.25, 0.3) is 6.08 Å². The number of nitrogens with one attached hydrogen (secondary N) is 1. The Balaban J connectivity index is 1.55. The molecule has 9 nitrogen and oxygen atoms in total. The highest BCUT2D eigenvalue weighted by Gasteiger charge is 2.34. The summed E-state index contributed by atoms with van der Waals surface area (Å²) in [4.78, 5) is 38.0. The SMILES string of the molecule is COC(=O)c1ccc(CN2C(=O)N/C(=C\c3cccc(OC)c3OCc3ccc(Br)cc3)C2=O)o1. The number of para-hydroxylation sites is 1. The second-order valence-corrected chi connectivity index (χ2v) is 8.35. The molecule has 0 radical (unpaired) electrons. The molecule has 2 aromatic carbocycles. The quantitative estimate of drug-likeness (QED) is 0.254. The molecule has 1 aliphatic rings. The molecule has 0 saturated carbocycles. The van der Waals surface area contributed by atoms with Gasteiger partial charge in [-0.1, -0.05) is 40.2 Å². The minimum atomic E-state index is -0.650. The van der Waals surface area contributed by atoms with Gasteiger partial charge >= 0.3 is 12.0 Å². The van der Waals surface area contributed by atoms with Gasteiger partial charge < -0.3 is 23.9 Å². The first kappa shape index (κ1) is 24.1. The van der Waals surface area contributed by atoms with Crippen LogP contribution in [-0.4, -0.2) is 37.0 Å². The Morgan fingerprint density at radius 3 is 2.57 bits per heavy atom. The van der Waals surface area contributed by atoms with Crippen molar-refractivity contribution in [2.24, 2.45) is 0 Å². The number of methoxy groups -OCH3 is 2. The summed E-state index contributed by atoms with van der Waals surface area (Å²) in [5.41, 5.74) is 1.56. The third-order valence-corrected chi connectivity index (χ3v) is 5.68. The molecule has 3 amide bonds. The number of rotatable bonds is 8. The third-order valence-electron chi connectivity index (χ3n) is 5.15. The van der Waals surface area contributed by atoms with E-state index < -0.39 is 17.9 Å². The number of carbonyl (C=O) groups is 3. The summed E-state index contributed by atoms with van der Waals surface area (Å²) in [6.45, 7) is 0.126. The fraction of sp³-hybridized carbons (Fsp3) is 0.160. The molecule has 1 fully saturated rings. The van der Waals surface area contributed by atoms with Crippen molar-refractivity contribution >= 4 is 39.9 Å². The molecule has 3 aromatic rings. The maximum absolute atomic E-state index is 13.0. The monoisotopic (exact) mass is 540 g/mol. The van der Waals surface area contributed by atoms with Crippen molar-refractivity contribution in [3.63, 3.8) is 0 Å². The van der Waals surface area contributed by atoms with Gasteiger partial charge in [0.05, 0.1) is 20.8 Å². The van der Waals surface area contributed by atoms with Crippen molar-refractivity contribution in [1.29, 1.82) is 0 Å². The van der Waals surface area contributed by atoms with Gasteiger partial charge in [-0.15, -0.1) is 0 Å². The van der Waals surface area contributed by atoms with Gasteiger partial charge in [-0.05, 0) is 42.0 Å². The van der Waals surface area contributed by atoms with Crippen molar-refractivity contribution in [3.8, 4) is 11.5 Å². The maximum atomic E-state index is 13.0. The molecule has 1 saturated heterocycles. The minimum Gasteiger partial charge on any atom is -0.493 e. The lowest BCUT2D eigenvalue weighted by Gasteiger charge is -2.14. The zero-order chi connectivity index (χ0) is 24.9. The molecule has 0 bridgehead atoms. The predicted octanol–water partition coefficient (Wildman–Crippen LogP) is 4.51. The Bertz CT molecular complexity index is 1300. The maximum Gasteiger partial charge on any atom is 0.373 e. The van der Waals surface area contributed by atoms with Gasteiger partial charge in [0.1, 0.15) is 18.1 Å². The second kappa shape index (κ2) is 10.5. The van der Waals surface area contributed by atoms with Crippen LogP contribution < -0.4 is 14.8 Å². The fourth-order valence-corrected chi connectivity index (χ4v) is 3.66. The number of esters is 1. The minimum absolute atomic E-state index is 0.0192. The molecular formula is C25H21BrN2O7. The molecule has 0 unspecified atom stereocenters. The number of amides is 3. The molecule has 180 valence electrons. The number of urea groups is 1. The molecule has 0 aliphatic carbocycles. The Labute approximate surface area is 209 Å². The van der Waals surface area contributed by atoms with E-state index in [0.717, 1.165) is 14.9 Å². The van der Waals surface area contributed by atoms with Gasteiger partial charge in [0.15, 0.2) is 11.5 Å². The Morgan fingerprint density at radius 1 is 1.09 bits per heavy atom. The van der Waals surface area contributed by atoms with E-state index in [1.54, 1.807) is 18.2 Å². The van der Waals surface area contributed by atoms with Crippen LogP contribution in [0.4, 0.5) is 4.79 Å². The number of hydrogen-bond acceptors (Lipinski definition) is 7. The summed E-state index contributed by atoms with van der Waals surface area (Å²) < 4.78 is 22.4. The number of hydrogen-bond donors (Lipinski definition) is 1. The lowest BCUT2D eigenvalue weighted by atomic mass is 10.1. The standard InChI is InChI=1S/C25H21BrN2O7/c1-32-20-5-3-4-16(22(20)34-14-15-6-8-17(26)9-7-15)12-19-23(29)28(25(31)27-19)13-18-10-11-21(35-18)24(30)33-2/h3-12H,13-14H2,1-2H3,(H,27,31)/b19-12-. The number of imide groups is 1. The Kier molecular flexibility index (Phi) is 7.21. The van der Waals surface area contributed by atoms with Crippen LogP contribution in [0.5, 0.6) is 11.5 Å². The molecular weight excluding hydrogens is 520 g/mol. The molecule has 1 aliphatic heterocycles. The first-order valence-electron chi connectivity index (χ1n) is 10.5. The summed E-state index contributed by atoms with van der Waals surface area (Å²) in [6.07, 6.45) is 1.53. The van der Waals surface area contributed by atoms with Crippen molar-refractivity contribution in [2.45, 2.75) is 13.2 Å². The zero-order valence-corrected chi connectivity index (χ0v) is 20.5. The van der Waals surface area contributed by atoms with E-state index in [2.05, 4.69) is 26.0 Å². The van der Waals surface area contributed by atoms with Crippen LogP contribution in [0.1, 0.15) is 27.4 Å². The average molecular weight is 541 g/mol. The molecule has 2 heterocycles. The summed E-state index contributed by atoms with van der Waals surface area (Å²) in [5, 5.41) is 2.57. The summed E-state index contributed by atoms with van der Waals surface area (Å²) in [6, 6.07) is 15.3. The second-order valence-electron chi connectivity index (χ2n) is 7.43. The van der Waals surface area contributed by atoms with Crippen LogP contribution in [0.15, 0.2) is 69.2 Å². The number of furan rings is 1. The Hall–Kier alpha value is -4.05. The molecule has 1 N–H and O–H groups in total. The highest BCUT2D eigenvalue weighted by Crippen LogP contribution is 2.34. The summed E-state index contributed by atoms with van der Waals surface area (Å²) in [7, 11) is 2.75. The van der Waals surface area contributed by atoms with Crippen molar-refractivity contribution in [1.82, 2.24) is 10.2 Å². The predicted molar refractivity (Wildman–Crippen MR) is 129 cm³/mol. The number of nitrogens with zero attached hydrogens (tertiary/aromatic N) is 1. The first-order valence-corrected chi connectivity index (χ1v) is 11.2. The van der Waals surface area contributed by atoms with E-state index in [1.165, 1.54) is 32.4 Å². The molecule has 0 atom stereocenters. The van der Waals surface area contributed by atoms with Gasteiger partial charge in [0, 0.05) is 10.0 Å². The van der Waals surface area contributed by atoms with Crippen LogP contribution in [0, 0.1) is 0 Å². The first-order chi connectivity index (χ1) is 16.9.